The lowest BCUT2D eigenvalue weighted by Crippen LogP contribution is -2.16. The van der Waals surface area contributed by atoms with Crippen LogP contribution in [-0.4, -0.2) is 20.8 Å². The molecular weight excluding hydrogens is 423 g/mol. The highest BCUT2D eigenvalue weighted by Gasteiger charge is 2.22. The summed E-state index contributed by atoms with van der Waals surface area (Å²) in [7, 11) is 0. The van der Waals surface area contributed by atoms with Crippen molar-refractivity contribution in [2.45, 2.75) is 40.8 Å². The third-order valence-corrected chi connectivity index (χ3v) is 5.28. The Hall–Kier alpha value is -3.94. The Labute approximate surface area is 191 Å². The fraction of sp³-hybridized carbons (Fsp3) is 0.240. The van der Waals surface area contributed by atoms with Gasteiger partial charge in [-0.3, -0.25) is 9.48 Å². The van der Waals surface area contributed by atoms with Crippen LogP contribution in [-0.2, 0) is 13.2 Å². The molecular formula is C25H25FN4O3. The molecule has 4 aromatic rings. The Bertz CT molecular complexity index is 1290. The summed E-state index contributed by atoms with van der Waals surface area (Å²) in [5.41, 5.74) is 4.17. The van der Waals surface area contributed by atoms with Gasteiger partial charge in [0.2, 0.25) is 0 Å². The predicted molar refractivity (Wildman–Crippen MR) is 122 cm³/mol. The lowest BCUT2D eigenvalue weighted by atomic mass is 10.1. The summed E-state index contributed by atoms with van der Waals surface area (Å²) in [5.74, 6) is 0.800. The maximum atomic E-state index is 14.0. The highest BCUT2D eigenvalue weighted by Crippen LogP contribution is 2.21. The van der Waals surface area contributed by atoms with Crippen LogP contribution in [0.15, 0.2) is 53.1 Å². The molecule has 33 heavy (non-hydrogen) atoms. The standard InChI is InChI=1S/C25H25FN4O3/c1-15-9-16(2)11-20(10-15)32-14-21-18(4)33-29-24(21)25(31)27-23-12-17(3)30(28-23)13-19-7-5-6-8-22(19)26/h5-12H,13-14H2,1-4H3,(H,27,28,31). The molecule has 8 heteroatoms. The Morgan fingerprint density at radius 2 is 1.82 bits per heavy atom. The maximum absolute atomic E-state index is 14.0. The predicted octanol–water partition coefficient (Wildman–Crippen LogP) is 5.12. The van der Waals surface area contributed by atoms with Gasteiger partial charge in [0.1, 0.15) is 23.9 Å². The van der Waals surface area contributed by atoms with Gasteiger partial charge in [-0.15, -0.1) is 0 Å². The van der Waals surface area contributed by atoms with Crippen LogP contribution in [0.1, 0.15) is 44.2 Å². The summed E-state index contributed by atoms with van der Waals surface area (Å²) in [6, 6.07) is 14.2. The number of nitrogens with zero attached hydrogens (tertiary/aromatic N) is 3. The van der Waals surface area contributed by atoms with Gasteiger partial charge in [-0.05, 0) is 57.0 Å². The second-order valence-electron chi connectivity index (χ2n) is 8.05. The lowest BCUT2D eigenvalue weighted by Gasteiger charge is -2.08. The van der Waals surface area contributed by atoms with Gasteiger partial charge in [0.15, 0.2) is 11.5 Å². The Morgan fingerprint density at radius 3 is 2.55 bits per heavy atom. The highest BCUT2D eigenvalue weighted by atomic mass is 19.1. The van der Waals surface area contributed by atoms with Crippen molar-refractivity contribution >= 4 is 11.7 Å². The topological polar surface area (TPSA) is 82.2 Å². The first-order valence-corrected chi connectivity index (χ1v) is 10.6. The number of rotatable bonds is 7. The summed E-state index contributed by atoms with van der Waals surface area (Å²) in [5, 5.41) is 11.1. The number of benzene rings is 2. The van der Waals surface area contributed by atoms with E-state index in [0.717, 1.165) is 16.8 Å². The van der Waals surface area contributed by atoms with Crippen molar-refractivity contribution in [3.63, 3.8) is 0 Å². The minimum absolute atomic E-state index is 0.137. The zero-order chi connectivity index (χ0) is 23.5. The molecule has 0 saturated heterocycles. The Balaban J connectivity index is 1.48. The van der Waals surface area contributed by atoms with E-state index >= 15 is 0 Å². The van der Waals surface area contributed by atoms with E-state index in [1.165, 1.54) is 6.07 Å². The summed E-state index contributed by atoms with van der Waals surface area (Å²) < 4.78 is 26.8. The molecule has 4 rings (SSSR count). The molecule has 2 heterocycles. The summed E-state index contributed by atoms with van der Waals surface area (Å²) in [6.45, 7) is 7.96. The normalized spacial score (nSPS) is 10.9. The third kappa shape index (κ3) is 5.11. The number of hydrogen-bond donors (Lipinski definition) is 1. The molecule has 0 saturated carbocycles. The van der Waals surface area contributed by atoms with Crippen LogP contribution in [0.4, 0.5) is 10.2 Å². The molecule has 0 aliphatic rings. The summed E-state index contributed by atoms with van der Waals surface area (Å²) >= 11 is 0. The van der Waals surface area contributed by atoms with Crippen molar-refractivity contribution in [2.24, 2.45) is 0 Å². The molecule has 0 atom stereocenters. The number of anilines is 1. The molecule has 2 aromatic carbocycles. The molecule has 0 unspecified atom stereocenters. The van der Waals surface area contributed by atoms with Crippen LogP contribution >= 0.6 is 0 Å². The molecule has 1 N–H and O–H groups in total. The van der Waals surface area contributed by atoms with E-state index in [9.17, 15) is 9.18 Å². The second-order valence-corrected chi connectivity index (χ2v) is 8.05. The zero-order valence-corrected chi connectivity index (χ0v) is 19.0. The Kier molecular flexibility index (Phi) is 6.26. The molecule has 0 fully saturated rings. The van der Waals surface area contributed by atoms with Gasteiger partial charge >= 0.3 is 0 Å². The number of carbonyl (C=O) groups is 1. The molecule has 2 aromatic heterocycles. The number of aromatic nitrogens is 3. The van der Waals surface area contributed by atoms with Crippen molar-refractivity contribution in [1.29, 1.82) is 0 Å². The van der Waals surface area contributed by atoms with Crippen molar-refractivity contribution in [2.75, 3.05) is 5.32 Å². The second kappa shape index (κ2) is 9.28. The SMILES string of the molecule is Cc1cc(C)cc(OCc2c(C(=O)Nc3cc(C)n(Cc4ccccc4F)n3)noc2C)c1. The van der Waals surface area contributed by atoms with E-state index in [0.29, 0.717) is 28.5 Å². The molecule has 7 nitrogen and oxygen atoms in total. The number of hydrogen-bond acceptors (Lipinski definition) is 5. The van der Waals surface area contributed by atoms with Gasteiger partial charge < -0.3 is 14.6 Å². The van der Waals surface area contributed by atoms with Crippen molar-refractivity contribution in [1.82, 2.24) is 14.9 Å². The van der Waals surface area contributed by atoms with Crippen LogP contribution in [0.3, 0.4) is 0 Å². The van der Waals surface area contributed by atoms with Gasteiger partial charge in [-0.25, -0.2) is 4.39 Å². The lowest BCUT2D eigenvalue weighted by molar-refractivity contribution is 0.101. The van der Waals surface area contributed by atoms with Gasteiger partial charge in [0, 0.05) is 17.3 Å². The van der Waals surface area contributed by atoms with Gasteiger partial charge in [0.05, 0.1) is 12.1 Å². The number of halogens is 1. The zero-order valence-electron chi connectivity index (χ0n) is 19.0. The van der Waals surface area contributed by atoms with Crippen molar-refractivity contribution in [3.8, 4) is 5.75 Å². The van der Waals surface area contributed by atoms with E-state index in [1.54, 1.807) is 35.9 Å². The minimum Gasteiger partial charge on any atom is -0.489 e. The maximum Gasteiger partial charge on any atom is 0.279 e. The molecule has 0 spiro atoms. The molecule has 1 amide bonds. The molecule has 0 radical (unpaired) electrons. The number of amides is 1. The quantitative estimate of drug-likeness (QED) is 0.424. The van der Waals surface area contributed by atoms with Crippen molar-refractivity contribution in [3.05, 3.63) is 93.8 Å². The van der Waals surface area contributed by atoms with Crippen LogP contribution in [0.2, 0.25) is 0 Å². The fourth-order valence-electron chi connectivity index (χ4n) is 3.61. The highest BCUT2D eigenvalue weighted by molar-refractivity contribution is 6.03. The monoisotopic (exact) mass is 448 g/mol. The van der Waals surface area contributed by atoms with E-state index in [-0.39, 0.29) is 24.7 Å². The van der Waals surface area contributed by atoms with Crippen LogP contribution < -0.4 is 10.1 Å². The van der Waals surface area contributed by atoms with E-state index < -0.39 is 5.91 Å². The van der Waals surface area contributed by atoms with E-state index in [2.05, 4.69) is 21.6 Å². The largest absolute Gasteiger partial charge is 0.489 e. The van der Waals surface area contributed by atoms with Crippen LogP contribution in [0.25, 0.3) is 0 Å². The molecule has 170 valence electrons. The van der Waals surface area contributed by atoms with Crippen molar-refractivity contribution < 1.29 is 18.4 Å². The van der Waals surface area contributed by atoms with E-state index in [1.807, 2.05) is 32.9 Å². The van der Waals surface area contributed by atoms with Gasteiger partial charge in [-0.2, -0.15) is 5.10 Å². The third-order valence-electron chi connectivity index (χ3n) is 5.28. The molecule has 0 bridgehead atoms. The number of ether oxygens (including phenoxy) is 1. The number of aryl methyl sites for hydroxylation is 4. The minimum atomic E-state index is -0.457. The average Bonchev–Trinajstić information content (AvgIpc) is 3.29. The first-order chi connectivity index (χ1) is 15.8. The summed E-state index contributed by atoms with van der Waals surface area (Å²) in [6.07, 6.45) is 0. The first-order valence-electron chi connectivity index (χ1n) is 10.6. The molecule has 0 aliphatic carbocycles. The average molecular weight is 448 g/mol. The van der Waals surface area contributed by atoms with Crippen LogP contribution in [0, 0.1) is 33.5 Å². The number of carbonyl (C=O) groups excluding carboxylic acids is 1. The molecule has 0 aliphatic heterocycles. The summed E-state index contributed by atoms with van der Waals surface area (Å²) in [4.78, 5) is 12.9. The fourth-order valence-corrected chi connectivity index (χ4v) is 3.61. The van der Waals surface area contributed by atoms with E-state index in [4.69, 9.17) is 9.26 Å². The van der Waals surface area contributed by atoms with Gasteiger partial charge in [-0.1, -0.05) is 29.4 Å². The van der Waals surface area contributed by atoms with Crippen LogP contribution in [0.5, 0.6) is 5.75 Å². The first kappa shape index (κ1) is 22.3. The Morgan fingerprint density at radius 1 is 1.09 bits per heavy atom. The van der Waals surface area contributed by atoms with Gasteiger partial charge in [0.25, 0.3) is 5.91 Å². The number of nitrogens with one attached hydrogen (secondary N) is 1. The smallest absolute Gasteiger partial charge is 0.279 e.